The molecule has 0 saturated carbocycles. The highest BCUT2D eigenvalue weighted by Gasteiger charge is 2.12. The van der Waals surface area contributed by atoms with Gasteiger partial charge in [-0.15, -0.1) is 12.4 Å². The van der Waals surface area contributed by atoms with Crippen LogP contribution in [0, 0.1) is 20.8 Å². The van der Waals surface area contributed by atoms with Crippen molar-refractivity contribution in [3.63, 3.8) is 0 Å². The molecule has 0 spiro atoms. The van der Waals surface area contributed by atoms with Crippen molar-refractivity contribution < 1.29 is 4.79 Å². The number of rotatable bonds is 5. The van der Waals surface area contributed by atoms with Gasteiger partial charge in [-0.05, 0) is 43.0 Å². The Morgan fingerprint density at radius 2 is 1.65 bits per heavy atom. The van der Waals surface area contributed by atoms with Gasteiger partial charge in [0.2, 0.25) is 5.91 Å². The Balaban J connectivity index is 0.00000264. The quantitative estimate of drug-likeness (QED) is 0.876. The van der Waals surface area contributed by atoms with E-state index in [4.69, 9.17) is 5.73 Å². The van der Waals surface area contributed by atoms with Gasteiger partial charge < -0.3 is 11.1 Å². The summed E-state index contributed by atoms with van der Waals surface area (Å²) in [6.07, 6.45) is 0.300. The van der Waals surface area contributed by atoms with Crippen molar-refractivity contribution in [3.05, 3.63) is 70.3 Å². The van der Waals surface area contributed by atoms with Crippen molar-refractivity contribution in [3.8, 4) is 0 Å². The summed E-state index contributed by atoms with van der Waals surface area (Å²) in [6.45, 7) is 6.80. The smallest absolute Gasteiger partial charge is 0.222 e. The van der Waals surface area contributed by atoms with Crippen LogP contribution >= 0.6 is 12.4 Å². The molecule has 0 radical (unpaired) electrons. The summed E-state index contributed by atoms with van der Waals surface area (Å²) in [6, 6.07) is 13.7. The van der Waals surface area contributed by atoms with Crippen molar-refractivity contribution in [1.29, 1.82) is 0 Å². The molecule has 0 fully saturated rings. The molecular weight excluding hydrogens is 308 g/mol. The van der Waals surface area contributed by atoms with Crippen LogP contribution in [0.3, 0.4) is 0 Å². The van der Waals surface area contributed by atoms with Crippen molar-refractivity contribution >= 4 is 18.3 Å². The lowest BCUT2D eigenvalue weighted by atomic mass is 9.99. The molecule has 0 bridgehead atoms. The third-order valence-corrected chi connectivity index (χ3v) is 3.94. The average molecular weight is 333 g/mol. The first-order valence-electron chi connectivity index (χ1n) is 7.61. The van der Waals surface area contributed by atoms with Gasteiger partial charge >= 0.3 is 0 Å². The van der Waals surface area contributed by atoms with Gasteiger partial charge in [-0.25, -0.2) is 0 Å². The lowest BCUT2D eigenvalue weighted by Crippen LogP contribution is -2.27. The van der Waals surface area contributed by atoms with Crippen LogP contribution in [0.1, 0.15) is 40.3 Å². The lowest BCUT2D eigenvalue weighted by Gasteiger charge is -2.15. The van der Waals surface area contributed by atoms with Crippen molar-refractivity contribution in [1.82, 2.24) is 5.32 Å². The molecular formula is C19H25ClN2O. The second-order valence-corrected chi connectivity index (χ2v) is 5.88. The van der Waals surface area contributed by atoms with Gasteiger partial charge in [-0.3, -0.25) is 4.79 Å². The largest absolute Gasteiger partial charge is 0.352 e. The molecule has 0 heterocycles. The summed E-state index contributed by atoms with van der Waals surface area (Å²) in [4.78, 5) is 12.1. The van der Waals surface area contributed by atoms with Crippen LogP contribution in [0.15, 0.2) is 42.5 Å². The molecule has 0 aliphatic heterocycles. The third kappa shape index (κ3) is 5.38. The van der Waals surface area contributed by atoms with Gasteiger partial charge in [-0.1, -0.05) is 48.0 Å². The Morgan fingerprint density at radius 1 is 1.09 bits per heavy atom. The van der Waals surface area contributed by atoms with Gasteiger partial charge in [0.15, 0.2) is 0 Å². The standard InChI is InChI=1S/C19H24N2O.ClH/c1-13-9-14(2)17(15(3)10-13)12-21-19(22)11-18(20)16-7-5-4-6-8-16;/h4-10,18H,11-12,20H2,1-3H3,(H,21,22);1H. The molecule has 1 atom stereocenters. The van der Waals surface area contributed by atoms with Crippen LogP contribution in [0.4, 0.5) is 0 Å². The topological polar surface area (TPSA) is 55.1 Å². The van der Waals surface area contributed by atoms with Crippen LogP contribution in [-0.4, -0.2) is 5.91 Å². The van der Waals surface area contributed by atoms with Gasteiger partial charge in [0, 0.05) is 19.0 Å². The highest BCUT2D eigenvalue weighted by Crippen LogP contribution is 2.17. The number of hydrogen-bond acceptors (Lipinski definition) is 2. The molecule has 23 heavy (non-hydrogen) atoms. The number of carbonyl (C=O) groups excluding carboxylic acids is 1. The predicted octanol–water partition coefficient (Wildman–Crippen LogP) is 3.74. The molecule has 0 aliphatic carbocycles. The maximum atomic E-state index is 12.1. The zero-order valence-electron chi connectivity index (χ0n) is 13.9. The Hall–Kier alpha value is -1.84. The van der Waals surface area contributed by atoms with Gasteiger partial charge in [0.05, 0.1) is 0 Å². The van der Waals surface area contributed by atoms with Gasteiger partial charge in [0.1, 0.15) is 0 Å². The van der Waals surface area contributed by atoms with E-state index in [1.54, 1.807) is 0 Å². The number of carbonyl (C=O) groups is 1. The minimum Gasteiger partial charge on any atom is -0.352 e. The first-order valence-corrected chi connectivity index (χ1v) is 7.61. The molecule has 124 valence electrons. The second kappa shape index (κ2) is 8.70. The Kier molecular flexibility index (Phi) is 7.27. The zero-order chi connectivity index (χ0) is 16.1. The molecule has 3 nitrogen and oxygen atoms in total. The number of benzene rings is 2. The molecule has 0 aliphatic rings. The maximum Gasteiger partial charge on any atom is 0.222 e. The number of amides is 1. The van der Waals surface area contributed by atoms with Crippen molar-refractivity contribution in [2.45, 2.75) is 39.8 Å². The molecule has 3 N–H and O–H groups in total. The van der Waals surface area contributed by atoms with Gasteiger partial charge in [-0.2, -0.15) is 0 Å². The Labute approximate surface area is 144 Å². The maximum absolute atomic E-state index is 12.1. The van der Waals surface area contributed by atoms with E-state index in [1.807, 2.05) is 30.3 Å². The van der Waals surface area contributed by atoms with E-state index in [0.717, 1.165) is 5.56 Å². The summed E-state index contributed by atoms with van der Waals surface area (Å²) in [7, 11) is 0. The summed E-state index contributed by atoms with van der Waals surface area (Å²) < 4.78 is 0. The molecule has 2 rings (SSSR count). The molecule has 0 saturated heterocycles. The molecule has 1 amide bonds. The van der Waals surface area contributed by atoms with Crippen LogP contribution in [0.2, 0.25) is 0 Å². The van der Waals surface area contributed by atoms with E-state index in [2.05, 4.69) is 38.2 Å². The van der Waals surface area contributed by atoms with Gasteiger partial charge in [0.25, 0.3) is 0 Å². The highest BCUT2D eigenvalue weighted by molar-refractivity contribution is 5.85. The summed E-state index contributed by atoms with van der Waals surface area (Å²) in [5, 5.41) is 2.98. The van der Waals surface area contributed by atoms with E-state index in [0.29, 0.717) is 13.0 Å². The Morgan fingerprint density at radius 3 is 2.22 bits per heavy atom. The van der Waals surface area contributed by atoms with E-state index in [-0.39, 0.29) is 24.4 Å². The number of halogens is 1. The average Bonchev–Trinajstić information content (AvgIpc) is 2.47. The van der Waals surface area contributed by atoms with E-state index >= 15 is 0 Å². The summed E-state index contributed by atoms with van der Waals surface area (Å²) >= 11 is 0. The monoisotopic (exact) mass is 332 g/mol. The molecule has 2 aromatic carbocycles. The minimum absolute atomic E-state index is 0. The fourth-order valence-corrected chi connectivity index (χ4v) is 2.77. The Bertz CT molecular complexity index is 633. The fraction of sp³-hybridized carbons (Fsp3) is 0.316. The molecule has 4 heteroatoms. The van der Waals surface area contributed by atoms with Crippen LogP contribution < -0.4 is 11.1 Å². The number of aryl methyl sites for hydroxylation is 3. The first-order chi connectivity index (χ1) is 10.5. The summed E-state index contributed by atoms with van der Waals surface area (Å²) in [5.41, 5.74) is 11.9. The van der Waals surface area contributed by atoms with E-state index in [9.17, 15) is 4.79 Å². The van der Waals surface area contributed by atoms with E-state index < -0.39 is 0 Å². The minimum atomic E-state index is -0.263. The number of nitrogens with one attached hydrogen (secondary N) is 1. The van der Waals surface area contributed by atoms with Crippen LogP contribution in [0.5, 0.6) is 0 Å². The van der Waals surface area contributed by atoms with Crippen molar-refractivity contribution in [2.24, 2.45) is 5.73 Å². The fourth-order valence-electron chi connectivity index (χ4n) is 2.77. The zero-order valence-corrected chi connectivity index (χ0v) is 14.7. The van der Waals surface area contributed by atoms with Crippen LogP contribution in [-0.2, 0) is 11.3 Å². The molecule has 2 aromatic rings. The normalized spacial score (nSPS) is 11.5. The number of hydrogen-bond donors (Lipinski definition) is 2. The van der Waals surface area contributed by atoms with Crippen LogP contribution in [0.25, 0.3) is 0 Å². The molecule has 0 aromatic heterocycles. The van der Waals surface area contributed by atoms with Crippen molar-refractivity contribution in [2.75, 3.05) is 0 Å². The first kappa shape index (κ1) is 19.2. The third-order valence-electron chi connectivity index (χ3n) is 3.94. The number of nitrogens with two attached hydrogens (primary N) is 1. The SMILES string of the molecule is Cc1cc(C)c(CNC(=O)CC(N)c2ccccc2)c(C)c1.Cl. The predicted molar refractivity (Wildman–Crippen MR) is 97.7 cm³/mol. The second-order valence-electron chi connectivity index (χ2n) is 5.88. The molecule has 1 unspecified atom stereocenters. The van der Waals surface area contributed by atoms with E-state index in [1.165, 1.54) is 22.3 Å². The summed E-state index contributed by atoms with van der Waals surface area (Å²) in [5.74, 6) is -0.0178. The lowest BCUT2D eigenvalue weighted by molar-refractivity contribution is -0.121. The highest BCUT2D eigenvalue weighted by atomic mass is 35.5.